The largest absolute Gasteiger partial charge is 0.454 e. The van der Waals surface area contributed by atoms with Crippen LogP contribution in [-0.4, -0.2) is 30.1 Å². The van der Waals surface area contributed by atoms with Gasteiger partial charge < -0.3 is 25.2 Å². The second-order valence-corrected chi connectivity index (χ2v) is 6.56. The van der Waals surface area contributed by atoms with Crippen LogP contribution >= 0.6 is 0 Å². The lowest BCUT2D eigenvalue weighted by Gasteiger charge is -2.39. The van der Waals surface area contributed by atoms with E-state index in [9.17, 15) is 9.90 Å². The molecule has 2 aliphatic rings. The van der Waals surface area contributed by atoms with Gasteiger partial charge in [-0.15, -0.1) is 0 Å². The number of fused-ring (bicyclic) bond motifs is 1. The minimum Gasteiger partial charge on any atom is -0.454 e. The molecule has 2 amide bonds. The minimum absolute atomic E-state index is 0.0633. The van der Waals surface area contributed by atoms with E-state index in [4.69, 9.17) is 9.47 Å². The zero-order valence-electron chi connectivity index (χ0n) is 13.4. The molecule has 1 heterocycles. The van der Waals surface area contributed by atoms with Gasteiger partial charge in [0.2, 0.25) is 6.79 Å². The Kier molecular flexibility index (Phi) is 4.61. The Morgan fingerprint density at radius 3 is 2.74 bits per heavy atom. The molecular weight excluding hydrogens is 296 g/mol. The van der Waals surface area contributed by atoms with Crippen LogP contribution in [0.5, 0.6) is 11.5 Å². The molecule has 0 bridgehead atoms. The molecule has 126 valence electrons. The van der Waals surface area contributed by atoms with Crippen LogP contribution in [0.3, 0.4) is 0 Å². The third kappa shape index (κ3) is 3.52. The molecule has 0 aromatic heterocycles. The van der Waals surface area contributed by atoms with Crippen LogP contribution in [0.1, 0.15) is 39.0 Å². The van der Waals surface area contributed by atoms with Crippen LogP contribution in [-0.2, 0) is 0 Å². The highest BCUT2D eigenvalue weighted by Gasteiger charge is 2.35. The summed E-state index contributed by atoms with van der Waals surface area (Å²) in [6, 6.07) is 4.96. The van der Waals surface area contributed by atoms with Crippen LogP contribution in [0.4, 0.5) is 10.5 Å². The summed E-state index contributed by atoms with van der Waals surface area (Å²) in [5, 5.41) is 15.6. The Morgan fingerprint density at radius 1 is 1.26 bits per heavy atom. The van der Waals surface area contributed by atoms with Crippen LogP contribution in [0.2, 0.25) is 0 Å². The zero-order valence-corrected chi connectivity index (χ0v) is 13.4. The number of anilines is 1. The van der Waals surface area contributed by atoms with Gasteiger partial charge in [0.1, 0.15) is 0 Å². The Hall–Kier alpha value is -1.95. The molecule has 0 saturated heterocycles. The van der Waals surface area contributed by atoms with Crippen molar-refractivity contribution in [2.75, 3.05) is 18.7 Å². The van der Waals surface area contributed by atoms with Gasteiger partial charge in [-0.05, 0) is 37.8 Å². The standard InChI is InChI=1S/C17H24N2O4/c1-17(10-20,12-5-3-2-4-6-12)19-16(21)18-13-7-8-14-15(9-13)23-11-22-14/h7-9,12,20H,2-6,10-11H2,1H3,(H2,18,19,21). The number of benzene rings is 1. The van der Waals surface area contributed by atoms with E-state index in [1.807, 2.05) is 6.92 Å². The highest BCUT2D eigenvalue weighted by Crippen LogP contribution is 2.35. The smallest absolute Gasteiger partial charge is 0.319 e. The zero-order chi connectivity index (χ0) is 16.3. The molecule has 1 atom stereocenters. The van der Waals surface area contributed by atoms with Crippen LogP contribution in [0.25, 0.3) is 0 Å². The van der Waals surface area contributed by atoms with Gasteiger partial charge in [0.05, 0.1) is 12.1 Å². The summed E-state index contributed by atoms with van der Waals surface area (Å²) >= 11 is 0. The van der Waals surface area contributed by atoms with Crippen molar-refractivity contribution >= 4 is 11.7 Å². The predicted octanol–water partition coefficient (Wildman–Crippen LogP) is 2.87. The molecule has 3 rings (SSSR count). The molecular formula is C17H24N2O4. The summed E-state index contributed by atoms with van der Waals surface area (Å²) in [6.45, 7) is 2.06. The number of hydrogen-bond acceptors (Lipinski definition) is 4. The normalized spacial score (nSPS) is 19.9. The number of amides is 2. The Morgan fingerprint density at radius 2 is 2.00 bits per heavy atom. The SMILES string of the molecule is CC(CO)(NC(=O)Nc1ccc2c(c1)OCO2)C1CCCCC1. The highest BCUT2D eigenvalue weighted by atomic mass is 16.7. The molecule has 6 nitrogen and oxygen atoms in total. The van der Waals surface area contributed by atoms with Gasteiger partial charge in [0.15, 0.2) is 11.5 Å². The molecule has 23 heavy (non-hydrogen) atoms. The first kappa shape index (κ1) is 15.9. The van der Waals surface area contributed by atoms with Crippen molar-refractivity contribution in [3.63, 3.8) is 0 Å². The first-order valence-corrected chi connectivity index (χ1v) is 8.20. The van der Waals surface area contributed by atoms with E-state index in [1.165, 1.54) is 6.42 Å². The topological polar surface area (TPSA) is 79.8 Å². The molecule has 1 fully saturated rings. The molecule has 1 saturated carbocycles. The molecule has 0 radical (unpaired) electrons. The Balaban J connectivity index is 1.63. The highest BCUT2D eigenvalue weighted by molar-refractivity contribution is 5.90. The van der Waals surface area contributed by atoms with Gasteiger partial charge in [-0.25, -0.2) is 4.79 Å². The molecule has 6 heteroatoms. The third-order valence-corrected chi connectivity index (χ3v) is 4.86. The van der Waals surface area contributed by atoms with Crippen molar-refractivity contribution in [3.05, 3.63) is 18.2 Å². The predicted molar refractivity (Wildman–Crippen MR) is 86.8 cm³/mol. The molecule has 1 aromatic rings. The van der Waals surface area contributed by atoms with Crippen molar-refractivity contribution in [1.82, 2.24) is 5.32 Å². The van der Waals surface area contributed by atoms with Gasteiger partial charge in [0, 0.05) is 11.8 Å². The number of nitrogens with one attached hydrogen (secondary N) is 2. The number of carbonyl (C=O) groups is 1. The summed E-state index contributed by atoms with van der Waals surface area (Å²) in [6.07, 6.45) is 5.64. The summed E-state index contributed by atoms with van der Waals surface area (Å²) in [7, 11) is 0. The average Bonchev–Trinajstić information content (AvgIpc) is 3.03. The molecule has 0 spiro atoms. The second-order valence-electron chi connectivity index (χ2n) is 6.56. The van der Waals surface area contributed by atoms with E-state index in [1.54, 1.807) is 18.2 Å². The average molecular weight is 320 g/mol. The number of aliphatic hydroxyl groups is 1. The van der Waals surface area contributed by atoms with Crippen molar-refractivity contribution in [2.24, 2.45) is 5.92 Å². The Bertz CT molecular complexity index is 572. The molecule has 3 N–H and O–H groups in total. The summed E-state index contributed by atoms with van der Waals surface area (Å²) < 4.78 is 10.6. The maximum Gasteiger partial charge on any atom is 0.319 e. The van der Waals surface area contributed by atoms with E-state index in [2.05, 4.69) is 10.6 Å². The lowest BCUT2D eigenvalue weighted by Crippen LogP contribution is -2.55. The first-order valence-electron chi connectivity index (χ1n) is 8.20. The molecule has 1 aromatic carbocycles. The summed E-state index contributed by atoms with van der Waals surface area (Å²) in [5.74, 6) is 1.61. The van der Waals surface area contributed by atoms with E-state index in [0.29, 0.717) is 23.1 Å². The third-order valence-electron chi connectivity index (χ3n) is 4.86. The lowest BCUT2D eigenvalue weighted by molar-refractivity contribution is 0.103. The fourth-order valence-corrected chi connectivity index (χ4v) is 3.41. The number of rotatable bonds is 4. The van der Waals surface area contributed by atoms with E-state index in [0.717, 1.165) is 25.7 Å². The summed E-state index contributed by atoms with van der Waals surface area (Å²) in [5.41, 5.74) is 0.0385. The van der Waals surface area contributed by atoms with E-state index in [-0.39, 0.29) is 19.4 Å². The van der Waals surface area contributed by atoms with Gasteiger partial charge in [-0.1, -0.05) is 19.3 Å². The fraction of sp³-hybridized carbons (Fsp3) is 0.588. The first-order chi connectivity index (χ1) is 11.1. The summed E-state index contributed by atoms with van der Waals surface area (Å²) in [4.78, 5) is 12.3. The monoisotopic (exact) mass is 320 g/mol. The minimum atomic E-state index is -0.596. The van der Waals surface area contributed by atoms with Crippen molar-refractivity contribution in [3.8, 4) is 11.5 Å². The maximum absolute atomic E-state index is 12.3. The number of ether oxygens (including phenoxy) is 2. The van der Waals surface area contributed by atoms with E-state index < -0.39 is 5.54 Å². The number of urea groups is 1. The number of carbonyl (C=O) groups excluding carboxylic acids is 1. The van der Waals surface area contributed by atoms with Crippen LogP contribution in [0, 0.1) is 5.92 Å². The Labute approximate surface area is 136 Å². The van der Waals surface area contributed by atoms with E-state index >= 15 is 0 Å². The fourth-order valence-electron chi connectivity index (χ4n) is 3.41. The lowest BCUT2D eigenvalue weighted by atomic mass is 9.76. The molecule has 1 unspecified atom stereocenters. The number of aliphatic hydroxyl groups excluding tert-OH is 1. The molecule has 1 aliphatic heterocycles. The quantitative estimate of drug-likeness (QED) is 0.797. The van der Waals surface area contributed by atoms with Gasteiger partial charge >= 0.3 is 6.03 Å². The van der Waals surface area contributed by atoms with Crippen molar-refractivity contribution in [2.45, 2.75) is 44.6 Å². The molecule has 1 aliphatic carbocycles. The van der Waals surface area contributed by atoms with Gasteiger partial charge in [-0.2, -0.15) is 0 Å². The van der Waals surface area contributed by atoms with Crippen LogP contribution < -0.4 is 20.1 Å². The van der Waals surface area contributed by atoms with Crippen LogP contribution in [0.15, 0.2) is 18.2 Å². The van der Waals surface area contributed by atoms with Crippen molar-refractivity contribution in [1.29, 1.82) is 0 Å². The second kappa shape index (κ2) is 6.66. The maximum atomic E-state index is 12.3. The number of hydrogen-bond donors (Lipinski definition) is 3. The van der Waals surface area contributed by atoms with Crippen molar-refractivity contribution < 1.29 is 19.4 Å². The van der Waals surface area contributed by atoms with Gasteiger partial charge in [0.25, 0.3) is 0 Å². The van der Waals surface area contributed by atoms with Gasteiger partial charge in [-0.3, -0.25) is 0 Å².